The van der Waals surface area contributed by atoms with E-state index < -0.39 is 0 Å². The van der Waals surface area contributed by atoms with Crippen molar-refractivity contribution in [1.29, 1.82) is 0 Å². The van der Waals surface area contributed by atoms with Crippen LogP contribution in [0.25, 0.3) is 0 Å². The van der Waals surface area contributed by atoms with Crippen LogP contribution in [0.5, 0.6) is 0 Å². The van der Waals surface area contributed by atoms with Crippen LogP contribution in [0.4, 0.5) is 5.69 Å². The van der Waals surface area contributed by atoms with Crippen LogP contribution in [0.2, 0.25) is 0 Å². The smallest absolute Gasteiger partial charge is 0.251 e. The van der Waals surface area contributed by atoms with E-state index in [2.05, 4.69) is 16.0 Å². The van der Waals surface area contributed by atoms with Crippen LogP contribution < -0.4 is 16.0 Å². The van der Waals surface area contributed by atoms with Crippen molar-refractivity contribution in [2.24, 2.45) is 0 Å². The number of nitrogens with one attached hydrogen (secondary N) is 3. The monoisotopic (exact) mass is 335 g/mol. The third kappa shape index (κ3) is 6.17. The minimum absolute atomic E-state index is 0.106. The fraction of sp³-hybridized carbons (Fsp3) is 0.529. The van der Waals surface area contributed by atoms with Crippen LogP contribution in [0, 0.1) is 0 Å². The van der Waals surface area contributed by atoms with Crippen molar-refractivity contribution in [1.82, 2.24) is 10.6 Å². The topological polar surface area (TPSA) is 88.7 Å². The summed E-state index contributed by atoms with van der Waals surface area (Å²) < 4.78 is 10.3. The Morgan fingerprint density at radius 3 is 2.71 bits per heavy atom. The molecule has 0 aromatic heterocycles. The molecule has 1 aromatic rings. The highest BCUT2D eigenvalue weighted by atomic mass is 16.5. The van der Waals surface area contributed by atoms with Crippen LogP contribution in [-0.2, 0) is 14.3 Å². The van der Waals surface area contributed by atoms with Gasteiger partial charge in [0.2, 0.25) is 5.91 Å². The van der Waals surface area contributed by atoms with Gasteiger partial charge in [0.1, 0.15) is 0 Å². The Hall–Kier alpha value is -2.12. The summed E-state index contributed by atoms with van der Waals surface area (Å²) >= 11 is 0. The summed E-state index contributed by atoms with van der Waals surface area (Å²) in [6.07, 6.45) is 2.18. The normalized spacial score (nSPS) is 16.6. The number of hydrogen-bond donors (Lipinski definition) is 3. The molecule has 24 heavy (non-hydrogen) atoms. The predicted molar refractivity (Wildman–Crippen MR) is 91.1 cm³/mol. The second kappa shape index (κ2) is 9.89. The zero-order valence-electron chi connectivity index (χ0n) is 14.0. The highest BCUT2D eigenvalue weighted by Gasteiger charge is 2.16. The molecule has 0 aliphatic carbocycles. The average molecular weight is 335 g/mol. The van der Waals surface area contributed by atoms with E-state index in [0.717, 1.165) is 25.1 Å². The lowest BCUT2D eigenvalue weighted by atomic mass is 10.2. The molecule has 1 saturated heterocycles. The molecule has 0 radical (unpaired) electrons. The van der Waals surface area contributed by atoms with Gasteiger partial charge in [-0.2, -0.15) is 0 Å². The predicted octanol–water partition coefficient (Wildman–Crippen LogP) is 0.770. The molecule has 0 bridgehead atoms. The Morgan fingerprint density at radius 1 is 1.25 bits per heavy atom. The standard InChI is InChI=1S/C17H25N3O4/c1-23-10-8-18-16(21)12-19-14-6-4-13(5-7-14)17(22)20-11-15-3-2-9-24-15/h4-7,15,19H,2-3,8-12H2,1H3,(H,18,21)(H,20,22). The minimum Gasteiger partial charge on any atom is -0.383 e. The van der Waals surface area contributed by atoms with Gasteiger partial charge in [-0.3, -0.25) is 9.59 Å². The average Bonchev–Trinajstić information content (AvgIpc) is 3.12. The van der Waals surface area contributed by atoms with Crippen molar-refractivity contribution in [2.75, 3.05) is 45.3 Å². The molecule has 7 nitrogen and oxygen atoms in total. The van der Waals surface area contributed by atoms with Crippen molar-refractivity contribution in [3.05, 3.63) is 29.8 Å². The van der Waals surface area contributed by atoms with Gasteiger partial charge in [0.25, 0.3) is 5.91 Å². The lowest BCUT2D eigenvalue weighted by Gasteiger charge is -2.11. The molecule has 1 fully saturated rings. The van der Waals surface area contributed by atoms with E-state index in [9.17, 15) is 9.59 Å². The SMILES string of the molecule is COCCNC(=O)CNc1ccc(C(=O)NCC2CCCO2)cc1. The molecule has 2 amide bonds. The van der Waals surface area contributed by atoms with Gasteiger partial charge in [-0.25, -0.2) is 0 Å². The maximum atomic E-state index is 12.1. The number of benzene rings is 1. The van der Waals surface area contributed by atoms with Crippen LogP contribution in [0.3, 0.4) is 0 Å². The first-order chi connectivity index (χ1) is 11.7. The van der Waals surface area contributed by atoms with Crippen molar-refractivity contribution < 1.29 is 19.1 Å². The molecule has 7 heteroatoms. The number of carbonyl (C=O) groups is 2. The van der Waals surface area contributed by atoms with Gasteiger partial charge >= 0.3 is 0 Å². The summed E-state index contributed by atoms with van der Waals surface area (Å²) in [6, 6.07) is 7.03. The van der Waals surface area contributed by atoms with Crippen molar-refractivity contribution >= 4 is 17.5 Å². The highest BCUT2D eigenvalue weighted by molar-refractivity contribution is 5.94. The van der Waals surface area contributed by atoms with E-state index in [1.807, 2.05) is 0 Å². The number of amides is 2. The fourth-order valence-corrected chi connectivity index (χ4v) is 2.39. The molecule has 1 aliphatic heterocycles. The van der Waals surface area contributed by atoms with Gasteiger partial charge < -0.3 is 25.4 Å². The molecule has 1 atom stereocenters. The quantitative estimate of drug-likeness (QED) is 0.580. The van der Waals surface area contributed by atoms with E-state index in [4.69, 9.17) is 9.47 Å². The zero-order chi connectivity index (χ0) is 17.2. The molecular formula is C17H25N3O4. The number of anilines is 1. The molecular weight excluding hydrogens is 310 g/mol. The molecule has 132 valence electrons. The number of rotatable bonds is 9. The Bertz CT molecular complexity index is 527. The highest BCUT2D eigenvalue weighted by Crippen LogP contribution is 2.12. The maximum Gasteiger partial charge on any atom is 0.251 e. The van der Waals surface area contributed by atoms with E-state index in [-0.39, 0.29) is 24.5 Å². The van der Waals surface area contributed by atoms with Crippen LogP contribution >= 0.6 is 0 Å². The van der Waals surface area contributed by atoms with Gasteiger partial charge in [-0.05, 0) is 37.1 Å². The van der Waals surface area contributed by atoms with E-state index in [0.29, 0.717) is 25.3 Å². The summed E-state index contributed by atoms with van der Waals surface area (Å²) in [7, 11) is 1.59. The summed E-state index contributed by atoms with van der Waals surface area (Å²) in [5.41, 5.74) is 1.37. The Morgan fingerprint density at radius 2 is 2.04 bits per heavy atom. The second-order valence-corrected chi connectivity index (χ2v) is 5.62. The van der Waals surface area contributed by atoms with Crippen LogP contribution in [-0.4, -0.2) is 57.9 Å². The lowest BCUT2D eigenvalue weighted by molar-refractivity contribution is -0.119. The molecule has 3 N–H and O–H groups in total. The Labute approximate surface area is 142 Å². The van der Waals surface area contributed by atoms with Gasteiger partial charge in [-0.1, -0.05) is 0 Å². The largest absolute Gasteiger partial charge is 0.383 e. The summed E-state index contributed by atoms with van der Waals surface area (Å²) in [4.78, 5) is 23.6. The van der Waals surface area contributed by atoms with Crippen molar-refractivity contribution in [3.8, 4) is 0 Å². The molecule has 1 heterocycles. The first kappa shape index (κ1) is 18.2. The number of hydrogen-bond acceptors (Lipinski definition) is 5. The summed E-state index contributed by atoms with van der Waals surface area (Å²) in [6.45, 7) is 2.47. The van der Waals surface area contributed by atoms with E-state index in [1.165, 1.54) is 0 Å². The molecule has 1 aromatic carbocycles. The van der Waals surface area contributed by atoms with Crippen LogP contribution in [0.1, 0.15) is 23.2 Å². The maximum absolute atomic E-state index is 12.1. The third-order valence-corrected chi connectivity index (χ3v) is 3.74. The van der Waals surface area contributed by atoms with E-state index >= 15 is 0 Å². The Kier molecular flexibility index (Phi) is 7.51. The molecule has 2 rings (SSSR count). The van der Waals surface area contributed by atoms with Gasteiger partial charge in [0, 0.05) is 38.1 Å². The molecule has 0 spiro atoms. The molecule has 1 aliphatic rings. The van der Waals surface area contributed by atoms with Gasteiger partial charge in [0.05, 0.1) is 19.3 Å². The first-order valence-corrected chi connectivity index (χ1v) is 8.18. The molecule has 0 saturated carbocycles. The first-order valence-electron chi connectivity index (χ1n) is 8.18. The third-order valence-electron chi connectivity index (χ3n) is 3.74. The van der Waals surface area contributed by atoms with Gasteiger partial charge in [-0.15, -0.1) is 0 Å². The number of carbonyl (C=O) groups excluding carboxylic acids is 2. The number of ether oxygens (including phenoxy) is 2. The summed E-state index contributed by atoms with van der Waals surface area (Å²) in [5, 5.41) is 8.61. The second-order valence-electron chi connectivity index (χ2n) is 5.62. The van der Waals surface area contributed by atoms with E-state index in [1.54, 1.807) is 31.4 Å². The Balaban J connectivity index is 1.71. The zero-order valence-corrected chi connectivity index (χ0v) is 14.0. The molecule has 1 unspecified atom stereocenters. The van der Waals surface area contributed by atoms with Crippen molar-refractivity contribution in [3.63, 3.8) is 0 Å². The van der Waals surface area contributed by atoms with Crippen LogP contribution in [0.15, 0.2) is 24.3 Å². The number of methoxy groups -OCH3 is 1. The summed E-state index contributed by atoms with van der Waals surface area (Å²) in [5.74, 6) is -0.222. The van der Waals surface area contributed by atoms with Gasteiger partial charge in [0.15, 0.2) is 0 Å². The van der Waals surface area contributed by atoms with Crippen molar-refractivity contribution in [2.45, 2.75) is 18.9 Å². The fourth-order valence-electron chi connectivity index (χ4n) is 2.39. The lowest BCUT2D eigenvalue weighted by Crippen LogP contribution is -2.32. The minimum atomic E-state index is -0.116.